The molecule has 0 aromatic heterocycles. The molecule has 0 amide bonds. The monoisotopic (exact) mass is 706 g/mol. The van der Waals surface area contributed by atoms with Gasteiger partial charge in [-0.15, -0.1) is 0 Å². The minimum atomic E-state index is 0.134. The molecule has 0 radical (unpaired) electrons. The van der Waals surface area contributed by atoms with E-state index >= 15 is 0 Å². The maximum Gasteiger partial charge on any atom is 0.0642 e. The van der Waals surface area contributed by atoms with E-state index in [-0.39, 0.29) is 6.61 Å². The van der Waals surface area contributed by atoms with Crippen LogP contribution in [0.5, 0.6) is 0 Å². The van der Waals surface area contributed by atoms with Crippen LogP contribution in [-0.4, -0.2) is 11.7 Å². The first-order chi connectivity index (χ1) is 26.4. The number of aliphatic hydroxyl groups is 1. The van der Waals surface area contributed by atoms with Gasteiger partial charge < -0.3 is 5.11 Å². The molecule has 0 aliphatic heterocycles. The molecule has 0 fully saturated rings. The molecule has 6 aromatic carbocycles. The fourth-order valence-electron chi connectivity index (χ4n) is 6.68. The minimum absolute atomic E-state index is 0.134. The summed E-state index contributed by atoms with van der Waals surface area (Å²) in [6.45, 7) is 8.66. The van der Waals surface area contributed by atoms with E-state index in [9.17, 15) is 0 Å². The average Bonchev–Trinajstić information content (AvgIpc) is 3.24. The number of hydrogen-bond donors (Lipinski definition) is 1. The number of benzene rings is 6. The third-order valence-corrected chi connectivity index (χ3v) is 9.86. The molecule has 0 atom stereocenters. The second-order valence-corrected chi connectivity index (χ2v) is 13.9. The highest BCUT2D eigenvalue weighted by Gasteiger charge is 2.13. The van der Waals surface area contributed by atoms with Crippen molar-refractivity contribution in [1.29, 1.82) is 0 Å². The molecule has 1 heteroatoms. The minimum Gasteiger partial charge on any atom is -0.392 e. The summed E-state index contributed by atoms with van der Waals surface area (Å²) in [7, 11) is 0. The first kappa shape index (κ1) is 39.4. The summed E-state index contributed by atoms with van der Waals surface area (Å²) in [6.07, 6.45) is 11.3. The second-order valence-electron chi connectivity index (χ2n) is 13.9. The Morgan fingerprint density at radius 1 is 0.519 bits per heavy atom. The molecule has 1 N–H and O–H groups in total. The van der Waals surface area contributed by atoms with E-state index in [1.165, 1.54) is 74.9 Å². The van der Waals surface area contributed by atoms with Gasteiger partial charge in [0.05, 0.1) is 6.61 Å². The summed E-state index contributed by atoms with van der Waals surface area (Å²) in [5, 5.41) is 8.73. The number of allylic oxidation sites excluding steroid dienone is 4. The van der Waals surface area contributed by atoms with E-state index in [0.717, 1.165) is 17.6 Å². The van der Waals surface area contributed by atoms with Crippen molar-refractivity contribution in [3.63, 3.8) is 0 Å². The van der Waals surface area contributed by atoms with Crippen molar-refractivity contribution in [3.05, 3.63) is 232 Å². The van der Waals surface area contributed by atoms with Crippen LogP contribution in [0.25, 0.3) is 28.9 Å². The number of aliphatic hydroxyl groups excluding tert-OH is 1. The lowest BCUT2D eigenvalue weighted by atomic mass is 9.87. The zero-order valence-corrected chi connectivity index (χ0v) is 32.4. The van der Waals surface area contributed by atoms with E-state index in [1.54, 1.807) is 5.57 Å². The fourth-order valence-corrected chi connectivity index (χ4v) is 6.68. The normalized spacial score (nSPS) is 13.3. The van der Waals surface area contributed by atoms with Crippen molar-refractivity contribution in [3.8, 4) is 0 Å². The van der Waals surface area contributed by atoms with Gasteiger partial charge in [-0.1, -0.05) is 194 Å². The number of rotatable bonds is 5. The van der Waals surface area contributed by atoms with Gasteiger partial charge in [-0.2, -0.15) is 0 Å². The molecular formula is C53H54O. The Morgan fingerprint density at radius 3 is 1.59 bits per heavy atom. The van der Waals surface area contributed by atoms with Gasteiger partial charge >= 0.3 is 0 Å². The van der Waals surface area contributed by atoms with Crippen molar-refractivity contribution in [2.45, 2.75) is 53.4 Å². The quantitative estimate of drug-likeness (QED) is 0.177. The van der Waals surface area contributed by atoms with Crippen LogP contribution in [0.2, 0.25) is 0 Å². The Balaban J connectivity index is 0.000000140. The van der Waals surface area contributed by atoms with E-state index < -0.39 is 0 Å². The molecule has 0 spiro atoms. The van der Waals surface area contributed by atoms with Crippen molar-refractivity contribution in [2.75, 3.05) is 6.61 Å². The topological polar surface area (TPSA) is 20.2 Å². The Labute approximate surface area is 324 Å². The van der Waals surface area contributed by atoms with E-state index in [0.29, 0.717) is 0 Å². The van der Waals surface area contributed by atoms with Crippen molar-refractivity contribution >= 4 is 28.9 Å². The smallest absolute Gasteiger partial charge is 0.0642 e. The van der Waals surface area contributed by atoms with Gasteiger partial charge in [0.15, 0.2) is 0 Å². The first-order valence-corrected chi connectivity index (χ1v) is 19.1. The molecule has 8 rings (SSSR count). The van der Waals surface area contributed by atoms with Gasteiger partial charge in [0.25, 0.3) is 0 Å². The van der Waals surface area contributed by atoms with Gasteiger partial charge in [-0.25, -0.2) is 0 Å². The van der Waals surface area contributed by atoms with Crippen LogP contribution in [0.15, 0.2) is 187 Å². The fraction of sp³-hybridized carbons (Fsp3) is 0.170. The number of fused-ring (bicyclic) bond motifs is 2. The molecule has 6 aromatic rings. The van der Waals surface area contributed by atoms with Gasteiger partial charge in [0, 0.05) is 0 Å². The lowest BCUT2D eigenvalue weighted by Gasteiger charge is -2.18. The maximum atomic E-state index is 8.73. The second kappa shape index (κ2) is 21.1. The van der Waals surface area contributed by atoms with Crippen LogP contribution in [0.1, 0.15) is 85.0 Å². The van der Waals surface area contributed by atoms with Crippen molar-refractivity contribution in [2.24, 2.45) is 0 Å². The highest BCUT2D eigenvalue weighted by Crippen LogP contribution is 2.32. The highest BCUT2D eigenvalue weighted by atomic mass is 16.3. The molecule has 0 saturated heterocycles. The zero-order chi connectivity index (χ0) is 38.0. The predicted octanol–water partition coefficient (Wildman–Crippen LogP) is 13.8. The maximum absolute atomic E-state index is 8.73. The first-order valence-electron chi connectivity index (χ1n) is 19.1. The van der Waals surface area contributed by atoms with E-state index in [1.807, 2.05) is 55.5 Å². The molecule has 54 heavy (non-hydrogen) atoms. The Kier molecular flexibility index (Phi) is 15.4. The van der Waals surface area contributed by atoms with Gasteiger partial charge in [0.1, 0.15) is 0 Å². The number of aryl methyl sites for hydroxylation is 2. The zero-order valence-electron chi connectivity index (χ0n) is 32.4. The Morgan fingerprint density at radius 2 is 1.00 bits per heavy atom. The third kappa shape index (κ3) is 11.9. The third-order valence-electron chi connectivity index (χ3n) is 9.86. The molecule has 0 heterocycles. The average molecular weight is 707 g/mol. The molecule has 1 nitrogen and oxygen atoms in total. The largest absolute Gasteiger partial charge is 0.392 e. The van der Waals surface area contributed by atoms with Crippen LogP contribution in [0.3, 0.4) is 0 Å². The van der Waals surface area contributed by atoms with Crippen LogP contribution in [0, 0.1) is 0 Å². The predicted molar refractivity (Wildman–Crippen MR) is 235 cm³/mol. The molecule has 272 valence electrons. The van der Waals surface area contributed by atoms with E-state index in [2.05, 4.69) is 160 Å². The summed E-state index contributed by atoms with van der Waals surface area (Å²) in [5.74, 6) is 0. The van der Waals surface area contributed by atoms with Crippen LogP contribution < -0.4 is 0 Å². The Bertz CT molecular complexity index is 2150. The van der Waals surface area contributed by atoms with Crippen LogP contribution >= 0.6 is 0 Å². The summed E-state index contributed by atoms with van der Waals surface area (Å²) >= 11 is 0. The standard InChI is InChI=1S/C16H14.C15H14.C12H14.C10H12O/c1-2-7-13(8-3-1)16-12-6-10-14-9-4-5-11-15(14)16;1-13(15-10-6-3-7-11-15)12-14-8-4-2-5-9-14;1-9-7-8-11-5-3-4-6-12(11)10(9)2;1-9(8-11)7-10-5-3-2-4-6-10/h1-5,7-9,11-12H,6,10H2;2-12H,1H3;3-6H,7-8H2,1-2H3;2-7,11H,8H2,1H3/b;13-12+;;9-7+. The molecule has 2 aliphatic carbocycles. The van der Waals surface area contributed by atoms with Crippen molar-refractivity contribution < 1.29 is 5.11 Å². The molecule has 0 saturated carbocycles. The summed E-state index contributed by atoms with van der Waals surface area (Å²) in [6, 6.07) is 58.9. The molecule has 0 unspecified atom stereocenters. The van der Waals surface area contributed by atoms with Gasteiger partial charge in [0.2, 0.25) is 0 Å². The van der Waals surface area contributed by atoms with E-state index in [4.69, 9.17) is 5.11 Å². The molecule has 0 bridgehead atoms. The van der Waals surface area contributed by atoms with Gasteiger partial charge in [-0.05, 0) is 120 Å². The summed E-state index contributed by atoms with van der Waals surface area (Å²) < 4.78 is 0. The highest BCUT2D eigenvalue weighted by molar-refractivity contribution is 5.82. The Hall–Kier alpha value is -5.76. The lowest BCUT2D eigenvalue weighted by Crippen LogP contribution is -2.00. The van der Waals surface area contributed by atoms with Crippen LogP contribution in [0.4, 0.5) is 0 Å². The molecule has 2 aliphatic rings. The summed E-state index contributed by atoms with van der Waals surface area (Å²) in [4.78, 5) is 0. The molecular weight excluding hydrogens is 653 g/mol. The summed E-state index contributed by atoms with van der Waals surface area (Å²) in [5.41, 5.74) is 17.5. The SMILES string of the molecule is C/C(=C\c1ccccc1)CO.C/C(=C\c1ccccc1)c1ccccc1.C1=C(c2ccccc2)c2ccccc2CC1.CC1=C(C)c2ccccc2CC1. The van der Waals surface area contributed by atoms with Gasteiger partial charge in [-0.3, -0.25) is 0 Å². The number of hydrogen-bond acceptors (Lipinski definition) is 1. The lowest BCUT2D eigenvalue weighted by molar-refractivity contribution is 0.332. The van der Waals surface area contributed by atoms with Crippen LogP contribution in [-0.2, 0) is 12.8 Å². The van der Waals surface area contributed by atoms with Crippen molar-refractivity contribution in [1.82, 2.24) is 0 Å².